The average Bonchev–Trinajstić information content (AvgIpc) is 3.61. The van der Waals surface area contributed by atoms with Gasteiger partial charge in [-0.3, -0.25) is 14.6 Å². The lowest BCUT2D eigenvalue weighted by molar-refractivity contribution is -0.116. The van der Waals surface area contributed by atoms with Crippen LogP contribution in [-0.4, -0.2) is 36.1 Å². The molecule has 0 spiro atoms. The van der Waals surface area contributed by atoms with Crippen molar-refractivity contribution in [3.05, 3.63) is 70.4 Å². The third kappa shape index (κ3) is 5.45. The minimum Gasteiger partial charge on any atom is -0.457 e. The minimum absolute atomic E-state index is 0.0431. The highest BCUT2D eigenvalue weighted by Gasteiger charge is 2.29. The summed E-state index contributed by atoms with van der Waals surface area (Å²) < 4.78 is 9.74. The normalized spacial score (nSPS) is 18.9. The highest BCUT2D eigenvalue weighted by Crippen LogP contribution is 2.40. The van der Waals surface area contributed by atoms with Gasteiger partial charge in [-0.2, -0.15) is 0 Å². The molecule has 2 N–H and O–H groups in total. The number of imidazole rings is 1. The van der Waals surface area contributed by atoms with E-state index in [0.29, 0.717) is 41.3 Å². The van der Waals surface area contributed by atoms with Crippen molar-refractivity contribution in [1.82, 2.24) is 19.1 Å². The molecule has 0 aliphatic heterocycles. The van der Waals surface area contributed by atoms with Gasteiger partial charge in [-0.1, -0.05) is 6.42 Å². The zero-order chi connectivity index (χ0) is 27.1. The average molecular weight is 528 g/mol. The number of ketones is 1. The van der Waals surface area contributed by atoms with Crippen LogP contribution >= 0.6 is 0 Å². The molecule has 2 saturated carbocycles. The number of benzene rings is 1. The molecule has 0 bridgehead atoms. The van der Waals surface area contributed by atoms with Crippen molar-refractivity contribution < 1.29 is 14.6 Å². The van der Waals surface area contributed by atoms with E-state index in [2.05, 4.69) is 10.3 Å². The molecule has 3 heterocycles. The highest BCUT2D eigenvalue weighted by atomic mass is 16.5. The van der Waals surface area contributed by atoms with Crippen molar-refractivity contribution >= 4 is 28.5 Å². The Morgan fingerprint density at radius 1 is 1.13 bits per heavy atom. The van der Waals surface area contributed by atoms with E-state index >= 15 is 0 Å². The molecule has 39 heavy (non-hydrogen) atoms. The van der Waals surface area contributed by atoms with E-state index in [1.807, 2.05) is 42.1 Å². The molecule has 1 aromatic carbocycles. The van der Waals surface area contributed by atoms with Gasteiger partial charge in [0.1, 0.15) is 23.0 Å². The predicted molar refractivity (Wildman–Crippen MR) is 149 cm³/mol. The Morgan fingerprint density at radius 3 is 2.69 bits per heavy atom. The first-order valence-electron chi connectivity index (χ1n) is 13.6. The number of aromatic nitrogens is 4. The van der Waals surface area contributed by atoms with E-state index in [4.69, 9.17) is 9.72 Å². The first-order chi connectivity index (χ1) is 18.8. The number of aryl methyl sites for hydroxylation is 1. The third-order valence-corrected chi connectivity index (χ3v) is 7.76. The summed E-state index contributed by atoms with van der Waals surface area (Å²) in [6, 6.07) is 11.1. The Bertz CT molecular complexity index is 1600. The standard InChI is InChI=1S/C30H33N5O4/c1-18(36)12-22-14-24(10-11-31-22)39-23-8-9-25-27(15-23)34(2)30(32-25)33-26-13-21(19-6-7-19)17-35(29(26)38)16-20-4-3-5-28(20)37/h8-11,13-15,17,19-20,28,37H,3-7,12,16H2,1-2H3,(H,32,33)/t20-,28+/m0/s1. The number of hydrogen-bond donors (Lipinski definition) is 2. The lowest BCUT2D eigenvalue weighted by atomic mass is 10.1. The number of fused-ring (bicyclic) bond motifs is 1. The Kier molecular flexibility index (Phi) is 6.68. The molecule has 9 nitrogen and oxygen atoms in total. The summed E-state index contributed by atoms with van der Waals surface area (Å²) in [6.45, 7) is 2.07. The zero-order valence-electron chi connectivity index (χ0n) is 22.3. The van der Waals surface area contributed by atoms with Gasteiger partial charge in [-0.15, -0.1) is 0 Å². The molecule has 202 valence electrons. The maximum atomic E-state index is 13.5. The summed E-state index contributed by atoms with van der Waals surface area (Å²) in [5.74, 6) is 2.43. The van der Waals surface area contributed by atoms with Crippen molar-refractivity contribution in [1.29, 1.82) is 0 Å². The summed E-state index contributed by atoms with van der Waals surface area (Å²) in [7, 11) is 1.90. The molecule has 6 rings (SSSR count). The molecule has 0 amide bonds. The van der Waals surface area contributed by atoms with Gasteiger partial charge in [0.15, 0.2) is 0 Å². The van der Waals surface area contributed by atoms with Gasteiger partial charge >= 0.3 is 0 Å². The number of pyridine rings is 2. The Balaban J connectivity index is 1.27. The summed E-state index contributed by atoms with van der Waals surface area (Å²) in [6.07, 6.45) is 8.54. The van der Waals surface area contributed by atoms with Crippen molar-refractivity contribution in [2.75, 3.05) is 5.32 Å². The largest absolute Gasteiger partial charge is 0.457 e. The number of nitrogens with zero attached hydrogens (tertiary/aromatic N) is 4. The van der Waals surface area contributed by atoms with Gasteiger partial charge < -0.3 is 24.3 Å². The molecule has 0 saturated heterocycles. The van der Waals surface area contributed by atoms with Crippen LogP contribution in [0.1, 0.15) is 56.2 Å². The fraction of sp³-hybridized carbons (Fsp3) is 0.400. The summed E-state index contributed by atoms with van der Waals surface area (Å²) in [4.78, 5) is 33.9. The maximum absolute atomic E-state index is 13.5. The summed E-state index contributed by atoms with van der Waals surface area (Å²) in [5, 5.41) is 13.6. The lowest BCUT2D eigenvalue weighted by Gasteiger charge is -2.18. The third-order valence-electron chi connectivity index (χ3n) is 7.76. The smallest absolute Gasteiger partial charge is 0.274 e. The molecular weight excluding hydrogens is 494 g/mol. The SMILES string of the molecule is CC(=O)Cc1cc(Oc2ccc3nc(Nc4cc(C5CC5)cn(C[C@@H]5CCC[C@H]5O)c4=O)n(C)c3c2)ccn1. The Hall–Kier alpha value is -3.98. The van der Waals surface area contributed by atoms with Crippen molar-refractivity contribution in [3.8, 4) is 11.5 Å². The van der Waals surface area contributed by atoms with Gasteiger partial charge in [0.25, 0.3) is 5.56 Å². The van der Waals surface area contributed by atoms with Gasteiger partial charge in [-0.05, 0) is 68.4 Å². The Labute approximate surface area is 226 Å². The second-order valence-corrected chi connectivity index (χ2v) is 10.9. The number of aliphatic hydroxyl groups excluding tert-OH is 1. The van der Waals surface area contributed by atoms with Crippen molar-refractivity contribution in [2.45, 2.75) is 64.0 Å². The van der Waals surface area contributed by atoms with Crippen LogP contribution in [0.3, 0.4) is 0 Å². The molecule has 0 radical (unpaired) electrons. The fourth-order valence-corrected chi connectivity index (χ4v) is 5.48. The second kappa shape index (κ2) is 10.3. The van der Waals surface area contributed by atoms with Crippen LogP contribution in [-0.2, 0) is 24.8 Å². The van der Waals surface area contributed by atoms with Gasteiger partial charge in [0.2, 0.25) is 5.95 Å². The first-order valence-corrected chi connectivity index (χ1v) is 13.6. The van der Waals surface area contributed by atoms with Crippen LogP contribution in [0, 0.1) is 5.92 Å². The number of carbonyl (C=O) groups excluding carboxylic acids is 1. The number of rotatable bonds is 9. The molecule has 2 aliphatic carbocycles. The van der Waals surface area contributed by atoms with Crippen LogP contribution in [0.2, 0.25) is 0 Å². The molecule has 2 fully saturated rings. The van der Waals surface area contributed by atoms with Crippen LogP contribution < -0.4 is 15.6 Å². The summed E-state index contributed by atoms with van der Waals surface area (Å²) in [5.41, 5.74) is 3.83. The molecule has 2 aliphatic rings. The monoisotopic (exact) mass is 527 g/mol. The van der Waals surface area contributed by atoms with Crippen LogP contribution in [0.25, 0.3) is 11.0 Å². The van der Waals surface area contributed by atoms with E-state index in [9.17, 15) is 14.7 Å². The number of nitrogens with one attached hydrogen (secondary N) is 1. The minimum atomic E-state index is -0.345. The molecule has 0 unspecified atom stereocenters. The quantitative estimate of drug-likeness (QED) is 0.321. The van der Waals surface area contributed by atoms with Gasteiger partial charge in [-0.25, -0.2) is 4.98 Å². The van der Waals surface area contributed by atoms with Crippen LogP contribution in [0.4, 0.5) is 11.6 Å². The van der Waals surface area contributed by atoms with E-state index in [1.165, 1.54) is 6.92 Å². The number of carbonyl (C=O) groups is 1. The van der Waals surface area contributed by atoms with Crippen LogP contribution in [0.15, 0.2) is 53.6 Å². The molecule has 4 aromatic rings. The van der Waals surface area contributed by atoms with E-state index < -0.39 is 0 Å². The number of aliphatic hydroxyl groups is 1. The maximum Gasteiger partial charge on any atom is 0.274 e. The van der Waals surface area contributed by atoms with Gasteiger partial charge in [0, 0.05) is 50.5 Å². The molecule has 3 aromatic heterocycles. The lowest BCUT2D eigenvalue weighted by Crippen LogP contribution is -2.29. The molecular formula is C30H33N5O4. The Morgan fingerprint density at radius 2 is 1.95 bits per heavy atom. The summed E-state index contributed by atoms with van der Waals surface area (Å²) >= 11 is 0. The van der Waals surface area contributed by atoms with E-state index in [-0.39, 0.29) is 29.8 Å². The zero-order valence-corrected chi connectivity index (χ0v) is 22.3. The second-order valence-electron chi connectivity index (χ2n) is 10.9. The van der Waals surface area contributed by atoms with Crippen molar-refractivity contribution in [2.24, 2.45) is 13.0 Å². The number of ether oxygens (including phenoxy) is 1. The van der Waals surface area contributed by atoms with E-state index in [0.717, 1.165) is 48.7 Å². The number of Topliss-reactive ketones (excluding diaryl/α,β-unsaturated/α-hetero) is 1. The van der Waals surface area contributed by atoms with Crippen molar-refractivity contribution in [3.63, 3.8) is 0 Å². The van der Waals surface area contributed by atoms with Crippen LogP contribution in [0.5, 0.6) is 11.5 Å². The fourth-order valence-electron chi connectivity index (χ4n) is 5.48. The number of hydrogen-bond acceptors (Lipinski definition) is 7. The topological polar surface area (TPSA) is 111 Å². The predicted octanol–water partition coefficient (Wildman–Crippen LogP) is 4.84. The molecule has 9 heteroatoms. The highest BCUT2D eigenvalue weighted by molar-refractivity contribution is 5.81. The first kappa shape index (κ1) is 25.3. The number of anilines is 2. The van der Waals surface area contributed by atoms with Gasteiger partial charge in [0.05, 0.1) is 22.8 Å². The molecule has 2 atom stereocenters. The van der Waals surface area contributed by atoms with E-state index in [1.54, 1.807) is 22.9 Å².